The molecule has 27 heavy (non-hydrogen) atoms. The van der Waals surface area contributed by atoms with E-state index >= 15 is 0 Å². The number of rotatable bonds is 17. The van der Waals surface area contributed by atoms with Gasteiger partial charge in [0.2, 0.25) is 0 Å². The SMILES string of the molecule is CCCCCCCCCCCCCCCCOc1ccccc1OC([O])=O. The third-order valence-corrected chi connectivity index (χ3v) is 4.80. The third-order valence-electron chi connectivity index (χ3n) is 4.80. The Morgan fingerprint density at radius 3 is 1.63 bits per heavy atom. The fourth-order valence-corrected chi connectivity index (χ4v) is 3.22. The van der Waals surface area contributed by atoms with Crippen LogP contribution in [-0.4, -0.2) is 12.8 Å². The van der Waals surface area contributed by atoms with Gasteiger partial charge >= 0.3 is 6.16 Å². The summed E-state index contributed by atoms with van der Waals surface area (Å²) in [6.45, 7) is 2.84. The van der Waals surface area contributed by atoms with Crippen molar-refractivity contribution in [3.63, 3.8) is 0 Å². The second-order valence-electron chi connectivity index (χ2n) is 7.24. The molecule has 0 aliphatic heterocycles. The average molecular weight is 378 g/mol. The summed E-state index contributed by atoms with van der Waals surface area (Å²) in [7, 11) is 0. The van der Waals surface area contributed by atoms with Crippen molar-refractivity contribution in [2.24, 2.45) is 0 Å². The van der Waals surface area contributed by atoms with Crippen LogP contribution in [0.1, 0.15) is 96.8 Å². The molecule has 1 radical (unpaired) electrons. The Hall–Kier alpha value is -1.71. The van der Waals surface area contributed by atoms with E-state index in [2.05, 4.69) is 11.7 Å². The molecule has 1 aromatic carbocycles. The number of hydrogen-bond donors (Lipinski definition) is 0. The van der Waals surface area contributed by atoms with Crippen molar-refractivity contribution < 1.29 is 19.4 Å². The van der Waals surface area contributed by atoms with Crippen LogP contribution in [-0.2, 0) is 5.11 Å². The van der Waals surface area contributed by atoms with Crippen molar-refractivity contribution in [2.45, 2.75) is 96.8 Å². The number of benzene rings is 1. The van der Waals surface area contributed by atoms with Crippen LogP contribution in [0, 0.1) is 0 Å². The monoisotopic (exact) mass is 377 g/mol. The van der Waals surface area contributed by atoms with Gasteiger partial charge in [0.25, 0.3) is 0 Å². The quantitative estimate of drug-likeness (QED) is 0.161. The minimum absolute atomic E-state index is 0.197. The smallest absolute Gasteiger partial charge is 0.490 e. The maximum absolute atomic E-state index is 10.5. The topological polar surface area (TPSA) is 55.4 Å². The van der Waals surface area contributed by atoms with Crippen molar-refractivity contribution in [2.75, 3.05) is 6.61 Å². The van der Waals surface area contributed by atoms with Gasteiger partial charge in [-0.1, -0.05) is 103 Å². The summed E-state index contributed by atoms with van der Waals surface area (Å²) < 4.78 is 10.2. The Morgan fingerprint density at radius 1 is 0.704 bits per heavy atom. The molecule has 0 atom stereocenters. The maximum Gasteiger partial charge on any atom is 0.555 e. The van der Waals surface area contributed by atoms with Crippen molar-refractivity contribution in [3.8, 4) is 11.5 Å². The van der Waals surface area contributed by atoms with Gasteiger partial charge in [0, 0.05) is 0 Å². The lowest BCUT2D eigenvalue weighted by molar-refractivity contribution is 0.115. The van der Waals surface area contributed by atoms with E-state index in [0.717, 1.165) is 12.8 Å². The van der Waals surface area contributed by atoms with Crippen molar-refractivity contribution in [3.05, 3.63) is 24.3 Å². The average Bonchev–Trinajstić information content (AvgIpc) is 2.65. The summed E-state index contributed by atoms with van der Waals surface area (Å²) in [4.78, 5) is 10.5. The predicted octanol–water partition coefficient (Wildman–Crippen LogP) is 7.48. The molecule has 0 bridgehead atoms. The van der Waals surface area contributed by atoms with Gasteiger partial charge in [-0.2, -0.15) is 9.90 Å². The number of carbonyl (C=O) groups is 1. The molecule has 4 nitrogen and oxygen atoms in total. The van der Waals surface area contributed by atoms with Crippen LogP contribution in [0.2, 0.25) is 0 Å². The number of para-hydroxylation sites is 2. The molecule has 0 aromatic heterocycles. The highest BCUT2D eigenvalue weighted by atomic mass is 16.7. The fraction of sp³-hybridized carbons (Fsp3) is 0.696. The van der Waals surface area contributed by atoms with E-state index in [1.807, 2.05) is 0 Å². The zero-order valence-corrected chi connectivity index (χ0v) is 17.0. The van der Waals surface area contributed by atoms with Crippen LogP contribution in [0.25, 0.3) is 0 Å². The summed E-state index contributed by atoms with van der Waals surface area (Å²) in [6, 6.07) is 6.78. The molecule has 0 spiro atoms. The van der Waals surface area contributed by atoms with Gasteiger partial charge in [0.1, 0.15) is 0 Å². The Labute approximate surface area is 165 Å². The molecule has 0 saturated carbocycles. The minimum atomic E-state index is -1.57. The molecule has 0 unspecified atom stereocenters. The van der Waals surface area contributed by atoms with Crippen LogP contribution in [0.3, 0.4) is 0 Å². The first-order valence-corrected chi connectivity index (χ1v) is 10.8. The molecule has 153 valence electrons. The Balaban J connectivity index is 1.90. The molecule has 0 aliphatic carbocycles. The third kappa shape index (κ3) is 13.2. The zero-order valence-electron chi connectivity index (χ0n) is 17.0. The van der Waals surface area contributed by atoms with E-state index in [9.17, 15) is 9.90 Å². The molecule has 0 heterocycles. The maximum atomic E-state index is 10.5. The largest absolute Gasteiger partial charge is 0.555 e. The normalized spacial score (nSPS) is 10.7. The van der Waals surface area contributed by atoms with E-state index in [0.29, 0.717) is 12.4 Å². The van der Waals surface area contributed by atoms with E-state index in [1.165, 1.54) is 77.0 Å². The van der Waals surface area contributed by atoms with E-state index < -0.39 is 6.16 Å². The van der Waals surface area contributed by atoms with Gasteiger partial charge in [-0.05, 0) is 18.6 Å². The Kier molecular flexibility index (Phi) is 14.2. The molecule has 0 amide bonds. The summed E-state index contributed by atoms with van der Waals surface area (Å²) in [5, 5.41) is 10.5. The lowest BCUT2D eigenvalue weighted by Gasteiger charge is -2.09. The van der Waals surface area contributed by atoms with Crippen LogP contribution in [0.4, 0.5) is 4.79 Å². The van der Waals surface area contributed by atoms with Gasteiger partial charge in [-0.15, -0.1) is 0 Å². The van der Waals surface area contributed by atoms with Gasteiger partial charge < -0.3 is 9.47 Å². The lowest BCUT2D eigenvalue weighted by atomic mass is 10.0. The first kappa shape index (κ1) is 23.3. The van der Waals surface area contributed by atoms with E-state index in [-0.39, 0.29) is 5.75 Å². The van der Waals surface area contributed by atoms with Crippen LogP contribution in [0.5, 0.6) is 11.5 Å². The molecule has 0 N–H and O–H groups in total. The number of hydrogen-bond acceptors (Lipinski definition) is 3. The molecule has 1 aromatic rings. The number of ether oxygens (including phenoxy) is 2. The van der Waals surface area contributed by atoms with E-state index in [4.69, 9.17) is 4.74 Å². The van der Waals surface area contributed by atoms with Crippen molar-refractivity contribution >= 4 is 6.16 Å². The van der Waals surface area contributed by atoms with Crippen molar-refractivity contribution in [1.29, 1.82) is 0 Å². The molecule has 0 aliphatic rings. The molecular weight excluding hydrogens is 340 g/mol. The molecule has 0 saturated heterocycles. The highest BCUT2D eigenvalue weighted by Gasteiger charge is 2.09. The Morgan fingerprint density at radius 2 is 1.15 bits per heavy atom. The van der Waals surface area contributed by atoms with Crippen LogP contribution >= 0.6 is 0 Å². The highest BCUT2D eigenvalue weighted by Crippen LogP contribution is 2.26. The zero-order chi connectivity index (χ0) is 19.6. The van der Waals surface area contributed by atoms with Crippen LogP contribution in [0.15, 0.2) is 24.3 Å². The molecule has 0 fully saturated rings. The molecule has 4 heteroatoms. The van der Waals surface area contributed by atoms with Gasteiger partial charge in [0.15, 0.2) is 11.5 Å². The summed E-state index contributed by atoms with van der Waals surface area (Å²) >= 11 is 0. The minimum Gasteiger partial charge on any atom is -0.490 e. The summed E-state index contributed by atoms with van der Waals surface area (Å²) in [5.41, 5.74) is 0. The first-order valence-electron chi connectivity index (χ1n) is 10.8. The summed E-state index contributed by atoms with van der Waals surface area (Å²) in [5.74, 6) is 0.652. The Bertz CT molecular complexity index is 487. The van der Waals surface area contributed by atoms with Gasteiger partial charge in [0.05, 0.1) is 6.61 Å². The van der Waals surface area contributed by atoms with Gasteiger partial charge in [-0.25, -0.2) is 0 Å². The lowest BCUT2D eigenvalue weighted by Crippen LogP contribution is -2.04. The number of unbranched alkanes of at least 4 members (excludes halogenated alkanes) is 13. The van der Waals surface area contributed by atoms with Crippen LogP contribution < -0.4 is 9.47 Å². The predicted molar refractivity (Wildman–Crippen MR) is 109 cm³/mol. The van der Waals surface area contributed by atoms with Gasteiger partial charge in [-0.3, -0.25) is 0 Å². The fourth-order valence-electron chi connectivity index (χ4n) is 3.22. The second kappa shape index (κ2) is 16.5. The standard InChI is InChI=1S/C23H37O4/c1-2-3-4-5-6-7-8-9-10-11-12-13-14-17-20-26-21-18-15-16-19-22(21)27-23(24)25/h15-16,18-19H,2-14,17,20H2,1H3. The highest BCUT2D eigenvalue weighted by molar-refractivity contribution is 5.62. The molecule has 1 rings (SSSR count). The second-order valence-corrected chi connectivity index (χ2v) is 7.24. The number of carbonyl (C=O) groups excluding carboxylic acids is 1. The molecular formula is C23H37O4. The van der Waals surface area contributed by atoms with Crippen molar-refractivity contribution in [1.82, 2.24) is 0 Å². The first-order chi connectivity index (χ1) is 13.2. The van der Waals surface area contributed by atoms with E-state index in [1.54, 1.807) is 24.3 Å². The summed E-state index contributed by atoms with van der Waals surface area (Å²) in [6.07, 6.45) is 16.9.